The van der Waals surface area contributed by atoms with Crippen LogP contribution < -0.4 is 10.0 Å². The third-order valence-electron chi connectivity index (χ3n) is 5.79. The fourth-order valence-corrected chi connectivity index (χ4v) is 5.18. The van der Waals surface area contributed by atoms with Crippen LogP contribution in [0.4, 0.5) is 5.69 Å². The minimum absolute atomic E-state index is 0.0697. The minimum Gasteiger partial charge on any atom is -0.346 e. The SMILES string of the molecule is O=C(NCc1nn(-c2ccccc2)c2c1CCC2)c1ccc(S(=O)(=O)Nc2ccncc2)cc1. The lowest BCUT2D eigenvalue weighted by Crippen LogP contribution is -2.23. The summed E-state index contributed by atoms with van der Waals surface area (Å²) >= 11 is 0. The molecule has 0 spiro atoms. The Morgan fingerprint density at radius 3 is 2.41 bits per heavy atom. The van der Waals surface area contributed by atoms with Gasteiger partial charge in [0.1, 0.15) is 0 Å². The van der Waals surface area contributed by atoms with Gasteiger partial charge in [-0.3, -0.25) is 14.5 Å². The number of nitrogens with one attached hydrogen (secondary N) is 2. The Kier molecular flexibility index (Phi) is 5.85. The topological polar surface area (TPSA) is 106 Å². The van der Waals surface area contributed by atoms with Crippen LogP contribution in [0.1, 0.15) is 33.7 Å². The summed E-state index contributed by atoms with van der Waals surface area (Å²) in [7, 11) is -3.76. The Morgan fingerprint density at radius 2 is 1.68 bits per heavy atom. The second-order valence-electron chi connectivity index (χ2n) is 8.02. The van der Waals surface area contributed by atoms with E-state index in [1.165, 1.54) is 47.9 Å². The van der Waals surface area contributed by atoms with E-state index in [0.29, 0.717) is 17.8 Å². The average Bonchev–Trinajstić information content (AvgIpc) is 3.47. The zero-order valence-electron chi connectivity index (χ0n) is 18.3. The molecule has 0 atom stereocenters. The van der Waals surface area contributed by atoms with Gasteiger partial charge >= 0.3 is 0 Å². The Bertz CT molecular complexity index is 1420. The van der Waals surface area contributed by atoms with E-state index in [0.717, 1.165) is 30.6 Å². The molecule has 0 aliphatic heterocycles. The number of aromatic nitrogens is 3. The predicted molar refractivity (Wildman–Crippen MR) is 128 cm³/mol. The summed E-state index contributed by atoms with van der Waals surface area (Å²) in [6, 6.07) is 18.9. The van der Waals surface area contributed by atoms with Crippen molar-refractivity contribution < 1.29 is 13.2 Å². The summed E-state index contributed by atoms with van der Waals surface area (Å²) in [4.78, 5) is 16.7. The Labute approximate surface area is 197 Å². The van der Waals surface area contributed by atoms with E-state index in [-0.39, 0.29) is 10.8 Å². The van der Waals surface area contributed by atoms with Crippen molar-refractivity contribution in [2.45, 2.75) is 30.7 Å². The van der Waals surface area contributed by atoms with Crippen LogP contribution in [0, 0.1) is 0 Å². The molecule has 2 N–H and O–H groups in total. The maximum Gasteiger partial charge on any atom is 0.261 e. The molecule has 0 fully saturated rings. The number of carbonyl (C=O) groups excluding carboxylic acids is 1. The number of benzene rings is 2. The number of nitrogens with zero attached hydrogens (tertiary/aromatic N) is 3. The minimum atomic E-state index is -3.76. The first-order valence-electron chi connectivity index (χ1n) is 11.0. The number of amides is 1. The number of anilines is 1. The van der Waals surface area contributed by atoms with Gasteiger partial charge in [0.25, 0.3) is 15.9 Å². The molecule has 1 amide bonds. The van der Waals surface area contributed by atoms with Crippen molar-refractivity contribution in [2.75, 3.05) is 4.72 Å². The summed E-state index contributed by atoms with van der Waals surface area (Å²) in [5.41, 5.74) is 5.07. The van der Waals surface area contributed by atoms with Gasteiger partial charge in [-0.25, -0.2) is 13.1 Å². The van der Waals surface area contributed by atoms with E-state index in [1.54, 1.807) is 12.1 Å². The molecule has 0 saturated carbocycles. The van der Waals surface area contributed by atoms with Crippen LogP contribution in [0.25, 0.3) is 5.69 Å². The Balaban J connectivity index is 1.28. The molecule has 0 bridgehead atoms. The molecule has 9 heteroatoms. The number of rotatable bonds is 7. The molecule has 1 aliphatic carbocycles. The van der Waals surface area contributed by atoms with E-state index in [4.69, 9.17) is 5.10 Å². The molecular weight excluding hydrogens is 450 g/mol. The zero-order chi connectivity index (χ0) is 23.5. The van der Waals surface area contributed by atoms with Crippen molar-refractivity contribution in [3.05, 3.63) is 102 Å². The lowest BCUT2D eigenvalue weighted by atomic mass is 10.2. The van der Waals surface area contributed by atoms with Gasteiger partial charge in [0.2, 0.25) is 0 Å². The van der Waals surface area contributed by atoms with Crippen LogP contribution in [0.5, 0.6) is 0 Å². The van der Waals surface area contributed by atoms with Crippen LogP contribution in [0.2, 0.25) is 0 Å². The van der Waals surface area contributed by atoms with Gasteiger partial charge in [-0.15, -0.1) is 0 Å². The van der Waals surface area contributed by atoms with Crippen LogP contribution in [0.15, 0.2) is 84.0 Å². The number of para-hydroxylation sites is 1. The third-order valence-corrected chi connectivity index (χ3v) is 7.19. The number of hydrogen-bond acceptors (Lipinski definition) is 5. The number of pyridine rings is 1. The van der Waals surface area contributed by atoms with E-state index in [1.807, 2.05) is 35.0 Å². The van der Waals surface area contributed by atoms with Crippen LogP contribution in [-0.2, 0) is 29.4 Å². The predicted octanol–water partition coefficient (Wildman–Crippen LogP) is 3.49. The van der Waals surface area contributed by atoms with Crippen LogP contribution in [-0.4, -0.2) is 29.1 Å². The van der Waals surface area contributed by atoms with E-state index >= 15 is 0 Å². The van der Waals surface area contributed by atoms with E-state index in [2.05, 4.69) is 15.0 Å². The van der Waals surface area contributed by atoms with Crippen molar-refractivity contribution in [3.63, 3.8) is 0 Å². The van der Waals surface area contributed by atoms with Gasteiger partial charge in [0.15, 0.2) is 0 Å². The van der Waals surface area contributed by atoms with E-state index in [9.17, 15) is 13.2 Å². The van der Waals surface area contributed by atoms with Gasteiger partial charge in [-0.1, -0.05) is 18.2 Å². The highest BCUT2D eigenvalue weighted by Gasteiger charge is 2.23. The van der Waals surface area contributed by atoms with Crippen molar-refractivity contribution in [2.24, 2.45) is 0 Å². The molecule has 8 nitrogen and oxygen atoms in total. The molecule has 2 heterocycles. The van der Waals surface area contributed by atoms with Gasteiger partial charge in [-0.05, 0) is 73.4 Å². The fourth-order valence-electron chi connectivity index (χ4n) is 4.12. The zero-order valence-corrected chi connectivity index (χ0v) is 19.1. The second kappa shape index (κ2) is 9.11. The highest BCUT2D eigenvalue weighted by molar-refractivity contribution is 7.92. The highest BCUT2D eigenvalue weighted by Crippen LogP contribution is 2.27. The first-order chi connectivity index (χ1) is 16.5. The lowest BCUT2D eigenvalue weighted by molar-refractivity contribution is 0.0950. The molecule has 5 rings (SSSR count). The quantitative estimate of drug-likeness (QED) is 0.427. The van der Waals surface area contributed by atoms with Gasteiger partial charge in [0, 0.05) is 23.7 Å². The number of hydrogen-bond donors (Lipinski definition) is 2. The maximum absolute atomic E-state index is 12.7. The van der Waals surface area contributed by atoms with Gasteiger partial charge in [0.05, 0.1) is 28.5 Å². The molecule has 2 aromatic heterocycles. The van der Waals surface area contributed by atoms with Gasteiger partial charge < -0.3 is 5.32 Å². The summed E-state index contributed by atoms with van der Waals surface area (Å²) in [6.45, 7) is 0.310. The van der Waals surface area contributed by atoms with Crippen molar-refractivity contribution in [3.8, 4) is 5.69 Å². The first-order valence-corrected chi connectivity index (χ1v) is 12.5. The monoisotopic (exact) mass is 473 g/mol. The number of fused-ring (bicyclic) bond motifs is 1. The molecule has 0 saturated heterocycles. The van der Waals surface area contributed by atoms with Crippen LogP contribution >= 0.6 is 0 Å². The van der Waals surface area contributed by atoms with Crippen molar-refractivity contribution >= 4 is 21.6 Å². The number of carbonyl (C=O) groups is 1. The van der Waals surface area contributed by atoms with Crippen LogP contribution in [0.3, 0.4) is 0 Å². The summed E-state index contributed by atoms with van der Waals surface area (Å²) in [5.74, 6) is -0.285. The molecule has 0 radical (unpaired) electrons. The molecule has 172 valence electrons. The van der Waals surface area contributed by atoms with Gasteiger partial charge in [-0.2, -0.15) is 5.10 Å². The molecule has 0 unspecified atom stereocenters. The Hall–Kier alpha value is -3.98. The summed E-state index contributed by atoms with van der Waals surface area (Å²) < 4.78 is 29.6. The lowest BCUT2D eigenvalue weighted by Gasteiger charge is -2.09. The number of sulfonamides is 1. The summed E-state index contributed by atoms with van der Waals surface area (Å²) in [5, 5.41) is 7.68. The molecule has 2 aromatic carbocycles. The first kappa shape index (κ1) is 21.8. The highest BCUT2D eigenvalue weighted by atomic mass is 32.2. The maximum atomic E-state index is 12.7. The average molecular weight is 474 g/mol. The molecule has 1 aliphatic rings. The van der Waals surface area contributed by atoms with Crippen molar-refractivity contribution in [1.29, 1.82) is 0 Å². The molecule has 4 aromatic rings. The normalized spacial score (nSPS) is 12.8. The fraction of sp³-hybridized carbons (Fsp3) is 0.160. The molecular formula is C25H23N5O3S. The third kappa shape index (κ3) is 4.42. The molecule has 34 heavy (non-hydrogen) atoms. The second-order valence-corrected chi connectivity index (χ2v) is 9.70. The Morgan fingerprint density at radius 1 is 0.941 bits per heavy atom. The van der Waals surface area contributed by atoms with E-state index < -0.39 is 10.0 Å². The standard InChI is InChI=1S/C25H23N5O3S/c31-25(18-9-11-21(12-10-18)34(32,33)29-19-13-15-26-16-14-19)27-17-23-22-7-4-8-24(22)30(28-23)20-5-2-1-3-6-20/h1-3,5-6,9-16H,4,7-8,17H2,(H,26,29)(H,27,31). The largest absolute Gasteiger partial charge is 0.346 e. The van der Waals surface area contributed by atoms with Crippen molar-refractivity contribution in [1.82, 2.24) is 20.1 Å². The summed E-state index contributed by atoms with van der Waals surface area (Å²) in [6.07, 6.45) is 6.00. The smallest absolute Gasteiger partial charge is 0.261 e.